The third-order valence-electron chi connectivity index (χ3n) is 3.60. The van der Waals surface area contributed by atoms with Gasteiger partial charge in [-0.3, -0.25) is 9.97 Å². The van der Waals surface area contributed by atoms with Crippen molar-refractivity contribution in [3.8, 4) is 22.6 Å². The first-order valence-electron chi connectivity index (χ1n) is 7.28. The van der Waals surface area contributed by atoms with E-state index < -0.39 is 0 Å². The van der Waals surface area contributed by atoms with E-state index in [4.69, 9.17) is 0 Å². The maximum absolute atomic E-state index is 9.71. The molecule has 112 valence electrons. The Morgan fingerprint density at radius 3 is 2.68 bits per heavy atom. The molecule has 0 saturated carbocycles. The maximum Gasteiger partial charge on any atom is 0.140 e. The minimum atomic E-state index is -0.103. The van der Waals surface area contributed by atoms with Crippen LogP contribution in [0.15, 0.2) is 42.9 Å². The monoisotopic (exact) mass is 294 g/mol. The summed E-state index contributed by atoms with van der Waals surface area (Å²) in [4.78, 5) is 13.1. The molecule has 3 rings (SSSR count). The summed E-state index contributed by atoms with van der Waals surface area (Å²) in [6, 6.07) is 7.81. The highest BCUT2D eigenvalue weighted by molar-refractivity contribution is 5.68. The summed E-state index contributed by atoms with van der Waals surface area (Å²) in [6.07, 6.45) is 5.31. The molecule has 0 atom stereocenters. The Balaban J connectivity index is 2.23. The first-order chi connectivity index (χ1) is 10.7. The van der Waals surface area contributed by atoms with Crippen LogP contribution in [0.2, 0.25) is 0 Å². The summed E-state index contributed by atoms with van der Waals surface area (Å²) in [6.45, 7) is 4.68. The first-order valence-corrected chi connectivity index (χ1v) is 7.28. The standard InChI is InChI=1S/C17H18N4O/c1-3-21-16(14-5-4-7-18-10-14)15(11-22)20-17(21)13-6-8-19-12(2)9-13/h4-10,22H,3,11H2,1-2H3. The third kappa shape index (κ3) is 2.51. The molecule has 0 aromatic carbocycles. The van der Waals surface area contributed by atoms with E-state index in [1.54, 1.807) is 18.6 Å². The van der Waals surface area contributed by atoms with E-state index in [1.807, 2.05) is 31.2 Å². The molecule has 5 nitrogen and oxygen atoms in total. The van der Waals surface area contributed by atoms with Crippen LogP contribution in [0.4, 0.5) is 0 Å². The predicted molar refractivity (Wildman–Crippen MR) is 85.0 cm³/mol. The normalized spacial score (nSPS) is 10.9. The summed E-state index contributed by atoms with van der Waals surface area (Å²) < 4.78 is 2.11. The Hall–Kier alpha value is -2.53. The molecule has 3 aromatic rings. The second kappa shape index (κ2) is 6.07. The summed E-state index contributed by atoms with van der Waals surface area (Å²) >= 11 is 0. The predicted octanol–water partition coefficient (Wildman–Crippen LogP) is 2.83. The number of aliphatic hydroxyl groups excluding tert-OH is 1. The number of aryl methyl sites for hydroxylation is 1. The van der Waals surface area contributed by atoms with Gasteiger partial charge in [-0.1, -0.05) is 0 Å². The van der Waals surface area contributed by atoms with Gasteiger partial charge in [0.1, 0.15) is 5.82 Å². The Labute approximate surface area is 129 Å². The van der Waals surface area contributed by atoms with Crippen molar-refractivity contribution in [1.29, 1.82) is 0 Å². The van der Waals surface area contributed by atoms with E-state index in [0.29, 0.717) is 5.69 Å². The first kappa shape index (κ1) is 14.4. The average Bonchev–Trinajstić information content (AvgIpc) is 2.94. The number of hydrogen-bond donors (Lipinski definition) is 1. The zero-order valence-corrected chi connectivity index (χ0v) is 12.7. The van der Waals surface area contributed by atoms with Crippen LogP contribution in [0, 0.1) is 6.92 Å². The van der Waals surface area contributed by atoms with E-state index in [1.165, 1.54) is 0 Å². The lowest BCUT2D eigenvalue weighted by Crippen LogP contribution is -2.01. The number of aliphatic hydroxyl groups is 1. The van der Waals surface area contributed by atoms with Crippen molar-refractivity contribution in [1.82, 2.24) is 19.5 Å². The van der Waals surface area contributed by atoms with E-state index in [-0.39, 0.29) is 6.61 Å². The Bertz CT molecular complexity index is 781. The number of aromatic nitrogens is 4. The van der Waals surface area contributed by atoms with E-state index in [9.17, 15) is 5.11 Å². The molecule has 0 unspecified atom stereocenters. The van der Waals surface area contributed by atoms with Crippen LogP contribution in [0.1, 0.15) is 18.3 Å². The van der Waals surface area contributed by atoms with Gasteiger partial charge in [-0.25, -0.2) is 4.98 Å². The van der Waals surface area contributed by atoms with Gasteiger partial charge in [-0.2, -0.15) is 0 Å². The fourth-order valence-electron chi connectivity index (χ4n) is 2.65. The molecule has 0 bridgehead atoms. The SMILES string of the molecule is CCn1c(-c2ccnc(C)c2)nc(CO)c1-c1cccnc1. The average molecular weight is 294 g/mol. The van der Waals surface area contributed by atoms with Crippen molar-refractivity contribution < 1.29 is 5.11 Å². The van der Waals surface area contributed by atoms with Crippen LogP contribution < -0.4 is 0 Å². The lowest BCUT2D eigenvalue weighted by Gasteiger charge is -2.10. The molecular weight excluding hydrogens is 276 g/mol. The Morgan fingerprint density at radius 1 is 1.18 bits per heavy atom. The summed E-state index contributed by atoms with van der Waals surface area (Å²) in [5, 5.41) is 9.71. The third-order valence-corrected chi connectivity index (χ3v) is 3.60. The van der Waals surface area contributed by atoms with Crippen LogP contribution in [0.5, 0.6) is 0 Å². The van der Waals surface area contributed by atoms with Crippen LogP contribution in [-0.4, -0.2) is 24.6 Å². The highest BCUT2D eigenvalue weighted by Crippen LogP contribution is 2.30. The second-order valence-corrected chi connectivity index (χ2v) is 5.06. The second-order valence-electron chi connectivity index (χ2n) is 5.06. The van der Waals surface area contributed by atoms with Crippen molar-refractivity contribution in [2.45, 2.75) is 27.0 Å². The summed E-state index contributed by atoms with van der Waals surface area (Å²) in [5.41, 5.74) is 4.48. The molecule has 5 heteroatoms. The van der Waals surface area contributed by atoms with Crippen molar-refractivity contribution in [2.75, 3.05) is 0 Å². The fourth-order valence-corrected chi connectivity index (χ4v) is 2.65. The number of imidazole rings is 1. The maximum atomic E-state index is 9.71. The Kier molecular flexibility index (Phi) is 3.98. The minimum absolute atomic E-state index is 0.103. The smallest absolute Gasteiger partial charge is 0.140 e. The van der Waals surface area contributed by atoms with E-state index in [2.05, 4.69) is 26.4 Å². The van der Waals surface area contributed by atoms with Crippen LogP contribution in [0.3, 0.4) is 0 Å². The van der Waals surface area contributed by atoms with Gasteiger partial charge in [0.15, 0.2) is 0 Å². The van der Waals surface area contributed by atoms with Gasteiger partial charge in [-0.15, -0.1) is 0 Å². The molecule has 0 spiro atoms. The lowest BCUT2D eigenvalue weighted by atomic mass is 10.1. The minimum Gasteiger partial charge on any atom is -0.390 e. The van der Waals surface area contributed by atoms with E-state index in [0.717, 1.165) is 34.9 Å². The molecule has 1 N–H and O–H groups in total. The largest absolute Gasteiger partial charge is 0.390 e. The highest BCUT2D eigenvalue weighted by atomic mass is 16.3. The van der Waals surface area contributed by atoms with Gasteiger partial charge in [0.25, 0.3) is 0 Å². The molecular formula is C17H18N4O. The molecule has 0 fully saturated rings. The van der Waals surface area contributed by atoms with Crippen LogP contribution in [0.25, 0.3) is 22.6 Å². The highest BCUT2D eigenvalue weighted by Gasteiger charge is 2.18. The molecule has 22 heavy (non-hydrogen) atoms. The van der Waals surface area contributed by atoms with Gasteiger partial charge in [0.05, 0.1) is 18.0 Å². The number of nitrogens with zero attached hydrogens (tertiary/aromatic N) is 4. The van der Waals surface area contributed by atoms with Crippen molar-refractivity contribution in [3.05, 3.63) is 54.2 Å². The van der Waals surface area contributed by atoms with Crippen molar-refractivity contribution >= 4 is 0 Å². The van der Waals surface area contributed by atoms with E-state index >= 15 is 0 Å². The van der Waals surface area contributed by atoms with Gasteiger partial charge in [0, 0.05) is 42.0 Å². The van der Waals surface area contributed by atoms with Crippen molar-refractivity contribution in [2.24, 2.45) is 0 Å². The molecule has 3 heterocycles. The molecule has 0 aliphatic heterocycles. The molecule has 0 saturated heterocycles. The fraction of sp³-hybridized carbons (Fsp3) is 0.235. The van der Waals surface area contributed by atoms with Gasteiger partial charge >= 0.3 is 0 Å². The molecule has 0 aliphatic rings. The molecule has 0 amide bonds. The van der Waals surface area contributed by atoms with Gasteiger partial charge < -0.3 is 9.67 Å². The topological polar surface area (TPSA) is 63.8 Å². The van der Waals surface area contributed by atoms with Crippen molar-refractivity contribution in [3.63, 3.8) is 0 Å². The van der Waals surface area contributed by atoms with Gasteiger partial charge in [0.2, 0.25) is 0 Å². The lowest BCUT2D eigenvalue weighted by molar-refractivity contribution is 0.278. The van der Waals surface area contributed by atoms with Gasteiger partial charge in [-0.05, 0) is 38.1 Å². The quantitative estimate of drug-likeness (QED) is 0.803. The Morgan fingerprint density at radius 2 is 2.05 bits per heavy atom. The molecule has 3 aromatic heterocycles. The molecule has 0 radical (unpaired) electrons. The summed E-state index contributed by atoms with van der Waals surface area (Å²) in [5.74, 6) is 0.843. The zero-order chi connectivity index (χ0) is 15.5. The number of hydrogen-bond acceptors (Lipinski definition) is 4. The molecule has 0 aliphatic carbocycles. The number of pyridine rings is 2. The van der Waals surface area contributed by atoms with Crippen LogP contribution >= 0.6 is 0 Å². The number of rotatable bonds is 4. The summed E-state index contributed by atoms with van der Waals surface area (Å²) in [7, 11) is 0. The zero-order valence-electron chi connectivity index (χ0n) is 12.7. The van der Waals surface area contributed by atoms with Crippen LogP contribution in [-0.2, 0) is 13.2 Å².